The Morgan fingerprint density at radius 2 is 2.06 bits per heavy atom. The number of ether oxygens (including phenoxy) is 1. The summed E-state index contributed by atoms with van der Waals surface area (Å²) < 4.78 is 31.6. The number of rotatable bonds is 8. The third kappa shape index (κ3) is 5.56. The largest absolute Gasteiger partial charge is 0.381 e. The maximum Gasteiger partial charge on any atom is 0.163 e. The molecule has 0 bridgehead atoms. The standard InChI is InChI=1S/C14H21F2NO/c1-11(2)10-18-8-4-7-17-9-12-5-3-6-13(15)14(12)16/h3,5-6,11,17H,4,7-10H2,1-2H3. The van der Waals surface area contributed by atoms with Crippen LogP contribution in [0.1, 0.15) is 25.8 Å². The first-order valence-electron chi connectivity index (χ1n) is 6.32. The van der Waals surface area contributed by atoms with Gasteiger partial charge in [-0.25, -0.2) is 8.78 Å². The molecule has 1 aromatic carbocycles. The second kappa shape index (κ2) is 8.16. The summed E-state index contributed by atoms with van der Waals surface area (Å²) in [5.41, 5.74) is 0.359. The van der Waals surface area contributed by atoms with E-state index in [0.717, 1.165) is 25.6 Å². The molecule has 0 fully saturated rings. The van der Waals surface area contributed by atoms with E-state index in [4.69, 9.17) is 4.74 Å². The van der Waals surface area contributed by atoms with Gasteiger partial charge >= 0.3 is 0 Å². The second-order valence-electron chi connectivity index (χ2n) is 4.71. The SMILES string of the molecule is CC(C)COCCCNCc1cccc(F)c1F. The Hall–Kier alpha value is -1.00. The van der Waals surface area contributed by atoms with Gasteiger partial charge in [0.1, 0.15) is 0 Å². The lowest BCUT2D eigenvalue weighted by Crippen LogP contribution is -2.18. The predicted molar refractivity (Wildman–Crippen MR) is 68.3 cm³/mol. The van der Waals surface area contributed by atoms with Crippen LogP contribution in [0.15, 0.2) is 18.2 Å². The van der Waals surface area contributed by atoms with Gasteiger partial charge in [0.25, 0.3) is 0 Å². The molecular weight excluding hydrogens is 236 g/mol. The van der Waals surface area contributed by atoms with Crippen LogP contribution < -0.4 is 5.32 Å². The second-order valence-corrected chi connectivity index (χ2v) is 4.71. The third-order valence-electron chi connectivity index (χ3n) is 2.44. The van der Waals surface area contributed by atoms with Crippen molar-refractivity contribution < 1.29 is 13.5 Å². The smallest absolute Gasteiger partial charge is 0.163 e. The van der Waals surface area contributed by atoms with E-state index in [1.54, 1.807) is 6.07 Å². The van der Waals surface area contributed by atoms with Crippen LogP contribution in [-0.2, 0) is 11.3 Å². The molecule has 0 atom stereocenters. The van der Waals surface area contributed by atoms with Crippen molar-refractivity contribution in [2.45, 2.75) is 26.8 Å². The molecule has 2 nitrogen and oxygen atoms in total. The van der Waals surface area contributed by atoms with Gasteiger partial charge in [-0.2, -0.15) is 0 Å². The van der Waals surface area contributed by atoms with Gasteiger partial charge in [-0.05, 0) is 24.9 Å². The van der Waals surface area contributed by atoms with Gasteiger partial charge in [-0.3, -0.25) is 0 Å². The van der Waals surface area contributed by atoms with Gasteiger partial charge in [0.05, 0.1) is 0 Å². The molecule has 0 aliphatic heterocycles. The molecule has 0 aliphatic rings. The molecule has 4 heteroatoms. The molecule has 1 rings (SSSR count). The van der Waals surface area contributed by atoms with Gasteiger partial charge in [-0.1, -0.05) is 26.0 Å². The van der Waals surface area contributed by atoms with Crippen LogP contribution in [0.2, 0.25) is 0 Å². The molecule has 1 aromatic rings. The lowest BCUT2D eigenvalue weighted by atomic mass is 10.2. The van der Waals surface area contributed by atoms with Gasteiger partial charge in [0.15, 0.2) is 11.6 Å². The summed E-state index contributed by atoms with van der Waals surface area (Å²) in [5.74, 6) is -1.02. The molecule has 1 N–H and O–H groups in total. The molecule has 0 unspecified atom stereocenters. The molecule has 0 radical (unpaired) electrons. The monoisotopic (exact) mass is 257 g/mol. The minimum Gasteiger partial charge on any atom is -0.381 e. The molecule has 18 heavy (non-hydrogen) atoms. The van der Waals surface area contributed by atoms with Gasteiger partial charge in [0.2, 0.25) is 0 Å². The van der Waals surface area contributed by atoms with E-state index in [0.29, 0.717) is 24.6 Å². The molecule has 0 heterocycles. The van der Waals surface area contributed by atoms with E-state index in [9.17, 15) is 8.78 Å². The van der Waals surface area contributed by atoms with Crippen molar-refractivity contribution in [3.63, 3.8) is 0 Å². The summed E-state index contributed by atoms with van der Waals surface area (Å²) in [6.45, 7) is 6.73. The summed E-state index contributed by atoms with van der Waals surface area (Å²) in [5, 5.41) is 3.07. The average molecular weight is 257 g/mol. The first kappa shape index (κ1) is 15.1. The quantitative estimate of drug-likeness (QED) is 0.722. The molecule has 0 aliphatic carbocycles. The zero-order valence-corrected chi connectivity index (χ0v) is 11.0. The Morgan fingerprint density at radius 3 is 2.78 bits per heavy atom. The van der Waals surface area contributed by atoms with E-state index in [2.05, 4.69) is 19.2 Å². The lowest BCUT2D eigenvalue weighted by molar-refractivity contribution is 0.108. The number of hydrogen-bond acceptors (Lipinski definition) is 2. The van der Waals surface area contributed by atoms with Crippen LogP contribution in [0.3, 0.4) is 0 Å². The molecule has 0 amide bonds. The van der Waals surface area contributed by atoms with Gasteiger partial charge < -0.3 is 10.1 Å². The Balaban J connectivity index is 2.13. The van der Waals surface area contributed by atoms with Crippen LogP contribution in [0.25, 0.3) is 0 Å². The summed E-state index contributed by atoms with van der Waals surface area (Å²) in [6, 6.07) is 4.22. The number of halogens is 2. The summed E-state index contributed by atoms with van der Waals surface area (Å²) in [6.07, 6.45) is 0.865. The first-order valence-corrected chi connectivity index (χ1v) is 6.32. The van der Waals surface area contributed by atoms with Gasteiger partial charge in [-0.15, -0.1) is 0 Å². The summed E-state index contributed by atoms with van der Waals surface area (Å²) in [4.78, 5) is 0. The molecule has 0 aromatic heterocycles. The van der Waals surface area contributed by atoms with Crippen molar-refractivity contribution in [2.24, 2.45) is 5.92 Å². The van der Waals surface area contributed by atoms with Crippen molar-refractivity contribution in [1.82, 2.24) is 5.32 Å². The van der Waals surface area contributed by atoms with Crippen molar-refractivity contribution in [3.05, 3.63) is 35.4 Å². The Morgan fingerprint density at radius 1 is 1.28 bits per heavy atom. The van der Waals surface area contributed by atoms with E-state index >= 15 is 0 Å². The van der Waals surface area contributed by atoms with Crippen molar-refractivity contribution in [3.8, 4) is 0 Å². The van der Waals surface area contributed by atoms with Gasteiger partial charge in [0, 0.05) is 25.3 Å². The van der Waals surface area contributed by atoms with Crippen LogP contribution in [-0.4, -0.2) is 19.8 Å². The Bertz CT molecular complexity index is 356. The minimum absolute atomic E-state index is 0.341. The van der Waals surface area contributed by atoms with Crippen LogP contribution in [0, 0.1) is 17.6 Å². The van der Waals surface area contributed by atoms with Crippen LogP contribution in [0.4, 0.5) is 8.78 Å². The minimum atomic E-state index is -0.797. The molecule has 0 spiro atoms. The Kier molecular flexibility index (Phi) is 6.83. The normalized spacial score (nSPS) is 11.2. The highest BCUT2D eigenvalue weighted by atomic mass is 19.2. The highest BCUT2D eigenvalue weighted by molar-refractivity contribution is 5.18. The Labute approximate surface area is 107 Å². The van der Waals surface area contributed by atoms with Crippen LogP contribution >= 0.6 is 0 Å². The average Bonchev–Trinajstić information content (AvgIpc) is 2.32. The topological polar surface area (TPSA) is 21.3 Å². The third-order valence-corrected chi connectivity index (χ3v) is 2.44. The number of benzene rings is 1. The van der Waals surface area contributed by atoms with Crippen LogP contribution in [0.5, 0.6) is 0 Å². The molecule has 0 saturated heterocycles. The summed E-state index contributed by atoms with van der Waals surface area (Å²) in [7, 11) is 0. The van der Waals surface area contributed by atoms with E-state index in [1.807, 2.05) is 0 Å². The number of nitrogens with one attached hydrogen (secondary N) is 1. The van der Waals surface area contributed by atoms with E-state index in [1.165, 1.54) is 6.07 Å². The maximum atomic E-state index is 13.3. The first-order chi connectivity index (χ1) is 8.61. The highest BCUT2D eigenvalue weighted by Crippen LogP contribution is 2.10. The van der Waals surface area contributed by atoms with E-state index < -0.39 is 11.6 Å². The van der Waals surface area contributed by atoms with Crippen molar-refractivity contribution in [2.75, 3.05) is 19.8 Å². The predicted octanol–water partition coefficient (Wildman–Crippen LogP) is 3.12. The summed E-state index contributed by atoms with van der Waals surface area (Å²) >= 11 is 0. The molecule has 102 valence electrons. The lowest BCUT2D eigenvalue weighted by Gasteiger charge is -2.08. The fraction of sp³-hybridized carbons (Fsp3) is 0.571. The molecular formula is C14H21F2NO. The fourth-order valence-corrected chi connectivity index (χ4v) is 1.53. The zero-order chi connectivity index (χ0) is 13.4. The van der Waals surface area contributed by atoms with E-state index in [-0.39, 0.29) is 0 Å². The van der Waals surface area contributed by atoms with Crippen molar-refractivity contribution in [1.29, 1.82) is 0 Å². The zero-order valence-electron chi connectivity index (χ0n) is 11.0. The number of hydrogen-bond donors (Lipinski definition) is 1. The van der Waals surface area contributed by atoms with Crippen molar-refractivity contribution >= 4 is 0 Å². The molecule has 0 saturated carbocycles. The highest BCUT2D eigenvalue weighted by Gasteiger charge is 2.06. The maximum absolute atomic E-state index is 13.3. The fourth-order valence-electron chi connectivity index (χ4n) is 1.53.